The first-order valence-corrected chi connectivity index (χ1v) is 6.04. The topological polar surface area (TPSA) is 60.2 Å². The van der Waals surface area contributed by atoms with Gasteiger partial charge in [-0.1, -0.05) is 19.1 Å². The van der Waals surface area contributed by atoms with Gasteiger partial charge in [-0.05, 0) is 19.3 Å². The van der Waals surface area contributed by atoms with E-state index in [1.807, 2.05) is 0 Å². The first-order valence-electron chi connectivity index (χ1n) is 3.98. The highest BCUT2D eigenvalue weighted by Gasteiger charge is 2.50. The number of hydrogen-bond donors (Lipinski definition) is 1. The van der Waals surface area contributed by atoms with Gasteiger partial charge in [-0.3, -0.25) is 0 Å². The van der Waals surface area contributed by atoms with E-state index in [-0.39, 0.29) is 10.7 Å². The molecule has 0 unspecified atom stereocenters. The van der Waals surface area contributed by atoms with Crippen molar-refractivity contribution in [1.82, 2.24) is 0 Å². The van der Waals surface area contributed by atoms with Crippen molar-refractivity contribution in [3.63, 3.8) is 0 Å². The summed E-state index contributed by atoms with van der Waals surface area (Å²) < 4.78 is 22.3. The third-order valence-corrected chi connectivity index (χ3v) is 5.68. The van der Waals surface area contributed by atoms with Crippen molar-refractivity contribution in [3.8, 4) is 0 Å². The second-order valence-electron chi connectivity index (χ2n) is 3.12. The largest absolute Gasteiger partial charge is 0.392 e. The maximum absolute atomic E-state index is 11.6. The van der Waals surface area contributed by atoms with Crippen molar-refractivity contribution in [2.75, 3.05) is 5.75 Å². The van der Waals surface area contributed by atoms with Crippen LogP contribution < -0.4 is 5.73 Å². The molecule has 1 aliphatic rings. The van der Waals surface area contributed by atoms with Crippen molar-refractivity contribution >= 4 is 27.0 Å². The van der Waals surface area contributed by atoms with E-state index in [2.05, 4.69) is 0 Å². The molecule has 0 aromatic carbocycles. The van der Waals surface area contributed by atoms with Crippen LogP contribution in [0.25, 0.3) is 0 Å². The van der Waals surface area contributed by atoms with E-state index in [0.717, 1.165) is 6.42 Å². The fourth-order valence-corrected chi connectivity index (χ4v) is 3.84. The van der Waals surface area contributed by atoms with Gasteiger partial charge in [0.1, 0.15) is 4.75 Å². The Morgan fingerprint density at radius 3 is 2.17 bits per heavy atom. The van der Waals surface area contributed by atoms with E-state index in [9.17, 15) is 8.42 Å². The average molecular weight is 207 g/mol. The van der Waals surface area contributed by atoms with Crippen LogP contribution in [0.1, 0.15) is 26.2 Å². The second-order valence-corrected chi connectivity index (χ2v) is 6.14. The van der Waals surface area contributed by atoms with Gasteiger partial charge in [-0.15, -0.1) is 0 Å². The van der Waals surface area contributed by atoms with E-state index in [0.29, 0.717) is 12.8 Å². The molecule has 1 saturated carbocycles. The minimum Gasteiger partial charge on any atom is -0.392 e. The summed E-state index contributed by atoms with van der Waals surface area (Å²) in [5, 5.41) is 0. The molecule has 12 heavy (non-hydrogen) atoms. The Balaban J connectivity index is 3.04. The fourth-order valence-electron chi connectivity index (χ4n) is 1.48. The van der Waals surface area contributed by atoms with Crippen molar-refractivity contribution in [3.05, 3.63) is 0 Å². The maximum atomic E-state index is 11.6. The summed E-state index contributed by atoms with van der Waals surface area (Å²) in [7, 11) is -3.09. The van der Waals surface area contributed by atoms with Crippen molar-refractivity contribution < 1.29 is 8.42 Å². The number of thiocarbonyl (C=S) groups is 1. The van der Waals surface area contributed by atoms with Crippen LogP contribution in [0.2, 0.25) is 0 Å². The number of rotatable bonds is 3. The first-order chi connectivity index (χ1) is 5.46. The Morgan fingerprint density at radius 2 is 2.08 bits per heavy atom. The van der Waals surface area contributed by atoms with Gasteiger partial charge in [0.25, 0.3) is 0 Å². The predicted octanol–water partition coefficient (Wildman–Crippen LogP) is 0.630. The summed E-state index contributed by atoms with van der Waals surface area (Å²) in [5.41, 5.74) is 5.45. The zero-order chi connectivity index (χ0) is 9.41. The lowest BCUT2D eigenvalue weighted by Gasteiger charge is -2.39. The van der Waals surface area contributed by atoms with Crippen molar-refractivity contribution in [2.24, 2.45) is 5.73 Å². The molecule has 2 N–H and O–H groups in total. The quantitative estimate of drug-likeness (QED) is 0.690. The van der Waals surface area contributed by atoms with Crippen LogP contribution in [0.4, 0.5) is 0 Å². The average Bonchev–Trinajstić information content (AvgIpc) is 1.83. The summed E-state index contributed by atoms with van der Waals surface area (Å²) in [6.45, 7) is 1.63. The van der Waals surface area contributed by atoms with Gasteiger partial charge in [0.15, 0.2) is 9.84 Å². The molecule has 0 saturated heterocycles. The molecule has 0 radical (unpaired) electrons. The summed E-state index contributed by atoms with van der Waals surface area (Å²) >= 11 is 4.79. The Bertz CT molecular complexity index is 291. The lowest BCUT2D eigenvalue weighted by atomic mass is 9.84. The summed E-state index contributed by atoms with van der Waals surface area (Å²) in [4.78, 5) is 0.149. The Kier molecular flexibility index (Phi) is 2.45. The molecular formula is C7H13NO2S2. The van der Waals surface area contributed by atoms with Gasteiger partial charge in [-0.2, -0.15) is 0 Å². The van der Waals surface area contributed by atoms with Gasteiger partial charge in [0, 0.05) is 5.75 Å². The Morgan fingerprint density at radius 1 is 1.58 bits per heavy atom. The molecule has 3 nitrogen and oxygen atoms in total. The molecule has 0 aliphatic heterocycles. The monoisotopic (exact) mass is 207 g/mol. The van der Waals surface area contributed by atoms with Crippen LogP contribution in [0.15, 0.2) is 0 Å². The van der Waals surface area contributed by atoms with Crippen LogP contribution in [0.5, 0.6) is 0 Å². The standard InChI is InChI=1S/C7H13NO2S2/c1-2-12(9,10)7(6(8)11)4-3-5-7/h2-5H2,1H3,(H2,8,11). The van der Waals surface area contributed by atoms with E-state index < -0.39 is 14.6 Å². The zero-order valence-corrected chi connectivity index (χ0v) is 8.67. The van der Waals surface area contributed by atoms with Crippen LogP contribution >= 0.6 is 12.2 Å². The van der Waals surface area contributed by atoms with Crippen LogP contribution in [-0.2, 0) is 9.84 Å². The molecule has 1 rings (SSSR count). The normalized spacial score (nSPS) is 21.4. The van der Waals surface area contributed by atoms with Crippen LogP contribution in [-0.4, -0.2) is 23.9 Å². The highest BCUT2D eigenvalue weighted by molar-refractivity contribution is 7.95. The molecule has 0 aromatic heterocycles. The lowest BCUT2D eigenvalue weighted by molar-refractivity contribution is 0.421. The molecule has 5 heteroatoms. The van der Waals surface area contributed by atoms with Crippen molar-refractivity contribution in [2.45, 2.75) is 30.9 Å². The Hall–Kier alpha value is -0.160. The SMILES string of the molecule is CCS(=O)(=O)C1(C(N)=S)CCC1. The Labute approximate surface area is 78.2 Å². The van der Waals surface area contributed by atoms with E-state index in [1.54, 1.807) is 6.92 Å². The fraction of sp³-hybridized carbons (Fsp3) is 0.857. The van der Waals surface area contributed by atoms with E-state index in [4.69, 9.17) is 18.0 Å². The highest BCUT2D eigenvalue weighted by atomic mass is 32.2. The molecule has 0 bridgehead atoms. The summed E-state index contributed by atoms with van der Waals surface area (Å²) in [6.07, 6.45) is 2.13. The molecule has 70 valence electrons. The third-order valence-electron chi connectivity index (χ3n) is 2.59. The minimum atomic E-state index is -3.09. The van der Waals surface area contributed by atoms with Gasteiger partial charge in [0.2, 0.25) is 0 Å². The van der Waals surface area contributed by atoms with Gasteiger partial charge in [0.05, 0.1) is 4.99 Å². The number of hydrogen-bond acceptors (Lipinski definition) is 3. The smallest absolute Gasteiger partial charge is 0.162 e. The molecule has 0 spiro atoms. The number of nitrogens with two attached hydrogens (primary N) is 1. The minimum absolute atomic E-state index is 0.129. The highest BCUT2D eigenvalue weighted by Crippen LogP contribution is 2.40. The first kappa shape index (κ1) is 9.92. The maximum Gasteiger partial charge on any atom is 0.162 e. The molecule has 1 aliphatic carbocycles. The lowest BCUT2D eigenvalue weighted by Crippen LogP contribution is -2.55. The molecular weight excluding hydrogens is 194 g/mol. The molecule has 0 aromatic rings. The van der Waals surface area contributed by atoms with Crippen LogP contribution in [0.3, 0.4) is 0 Å². The predicted molar refractivity (Wildman–Crippen MR) is 52.8 cm³/mol. The van der Waals surface area contributed by atoms with Gasteiger partial charge < -0.3 is 5.73 Å². The van der Waals surface area contributed by atoms with E-state index in [1.165, 1.54) is 0 Å². The molecule has 0 heterocycles. The number of sulfone groups is 1. The van der Waals surface area contributed by atoms with Crippen LogP contribution in [0, 0.1) is 0 Å². The molecule has 0 atom stereocenters. The third kappa shape index (κ3) is 1.15. The summed E-state index contributed by atoms with van der Waals surface area (Å²) in [5.74, 6) is 0.129. The molecule has 0 amide bonds. The van der Waals surface area contributed by atoms with Crippen molar-refractivity contribution in [1.29, 1.82) is 0 Å². The summed E-state index contributed by atoms with van der Waals surface area (Å²) in [6, 6.07) is 0. The second kappa shape index (κ2) is 2.96. The van der Waals surface area contributed by atoms with Gasteiger partial charge in [-0.25, -0.2) is 8.42 Å². The zero-order valence-electron chi connectivity index (χ0n) is 7.04. The van der Waals surface area contributed by atoms with Gasteiger partial charge >= 0.3 is 0 Å². The van der Waals surface area contributed by atoms with E-state index >= 15 is 0 Å². The molecule has 1 fully saturated rings.